The largest absolute Gasteiger partial charge is 0.465 e. The Kier molecular flexibility index (Phi) is 10.7. The molecule has 1 fully saturated rings. The fourth-order valence-electron chi connectivity index (χ4n) is 4.03. The molecule has 1 N–H and O–H groups in total. The molecule has 1 aromatic carbocycles. The van der Waals surface area contributed by atoms with Gasteiger partial charge in [-0.1, -0.05) is 42.1 Å². The molecule has 1 aromatic heterocycles. The van der Waals surface area contributed by atoms with Crippen molar-refractivity contribution < 1.29 is 32.3 Å². The summed E-state index contributed by atoms with van der Waals surface area (Å²) < 4.78 is 37.2. The van der Waals surface area contributed by atoms with Crippen molar-refractivity contribution >= 4 is 45.4 Å². The van der Waals surface area contributed by atoms with Gasteiger partial charge in [0.15, 0.2) is 0 Å². The predicted octanol–water partition coefficient (Wildman–Crippen LogP) is 2.65. The Morgan fingerprint density at radius 3 is 2.41 bits per heavy atom. The Labute approximate surface area is 231 Å². The number of thioether (sulfide) groups is 1. The van der Waals surface area contributed by atoms with Crippen molar-refractivity contribution in [2.24, 2.45) is 5.92 Å². The molecule has 0 saturated carbocycles. The van der Waals surface area contributed by atoms with Gasteiger partial charge in [-0.3, -0.25) is 14.3 Å². The Bertz CT molecular complexity index is 1340. The number of piperidine rings is 1. The number of benzene rings is 1. The number of nitriles is 1. The number of ether oxygens (including phenoxy) is 2. The van der Waals surface area contributed by atoms with E-state index in [1.165, 1.54) is 6.07 Å². The molecule has 1 aliphatic heterocycles. The maximum atomic E-state index is 12.7. The van der Waals surface area contributed by atoms with Crippen LogP contribution in [0.25, 0.3) is 0 Å². The summed E-state index contributed by atoms with van der Waals surface area (Å²) in [6.45, 7) is 4.35. The van der Waals surface area contributed by atoms with Gasteiger partial charge in [0.05, 0.1) is 35.8 Å². The molecule has 0 spiro atoms. The quantitative estimate of drug-likeness (QED) is 0.311. The topological polar surface area (TPSA) is 156 Å². The second-order valence-electron chi connectivity index (χ2n) is 8.61. The maximum absolute atomic E-state index is 12.7. The number of anilines is 1. The van der Waals surface area contributed by atoms with Crippen LogP contribution in [0.1, 0.15) is 48.2 Å². The molecule has 0 unspecified atom stereocenters. The highest BCUT2D eigenvalue weighted by Crippen LogP contribution is 2.31. The number of carbonyl (C=O) groups excluding carboxylic acids is 3. The van der Waals surface area contributed by atoms with Gasteiger partial charge in [-0.2, -0.15) is 5.26 Å². The first-order chi connectivity index (χ1) is 18.7. The van der Waals surface area contributed by atoms with Gasteiger partial charge in [0.2, 0.25) is 15.9 Å². The lowest BCUT2D eigenvalue weighted by Gasteiger charge is -2.32. The van der Waals surface area contributed by atoms with Crippen LogP contribution >= 0.6 is 11.8 Å². The minimum atomic E-state index is -3.85. The van der Waals surface area contributed by atoms with Crippen LogP contribution in [0.15, 0.2) is 41.4 Å². The summed E-state index contributed by atoms with van der Waals surface area (Å²) in [5.74, 6) is -2.31. The van der Waals surface area contributed by atoms with Gasteiger partial charge >= 0.3 is 11.9 Å². The molecule has 0 atom stereocenters. The minimum absolute atomic E-state index is 0.0735. The Hall–Kier alpha value is -3.63. The predicted molar refractivity (Wildman–Crippen MR) is 144 cm³/mol. The molecular weight excluding hydrogens is 544 g/mol. The number of nitrogens with zero attached hydrogens (tertiary/aromatic N) is 3. The van der Waals surface area contributed by atoms with Crippen LogP contribution < -0.4 is 9.62 Å². The first-order valence-corrected chi connectivity index (χ1v) is 15.0. The summed E-state index contributed by atoms with van der Waals surface area (Å²) in [6, 6.07) is 12.0. The third-order valence-corrected chi connectivity index (χ3v) is 8.03. The molecule has 0 bridgehead atoms. The fraction of sp³-hybridized carbons (Fsp3) is 0.423. The number of aromatic nitrogens is 1. The van der Waals surface area contributed by atoms with E-state index in [-0.39, 0.29) is 40.9 Å². The smallest absolute Gasteiger partial charge is 0.340 e. The van der Waals surface area contributed by atoms with Crippen LogP contribution in [-0.4, -0.2) is 63.3 Å². The highest BCUT2D eigenvalue weighted by atomic mass is 32.2. The van der Waals surface area contributed by atoms with Crippen LogP contribution in [0.4, 0.5) is 5.82 Å². The summed E-state index contributed by atoms with van der Waals surface area (Å²) in [5, 5.41) is 10.00. The third-order valence-electron chi connectivity index (χ3n) is 5.84. The monoisotopic (exact) mass is 574 g/mol. The average Bonchev–Trinajstić information content (AvgIpc) is 2.91. The molecule has 0 radical (unpaired) electrons. The number of amides is 1. The van der Waals surface area contributed by atoms with Crippen LogP contribution in [0.3, 0.4) is 0 Å². The summed E-state index contributed by atoms with van der Waals surface area (Å²) in [4.78, 5) is 43.5. The van der Waals surface area contributed by atoms with E-state index < -0.39 is 33.8 Å². The molecule has 39 heavy (non-hydrogen) atoms. The van der Waals surface area contributed by atoms with Gasteiger partial charge in [-0.25, -0.2) is 18.2 Å². The Morgan fingerprint density at radius 2 is 1.79 bits per heavy atom. The minimum Gasteiger partial charge on any atom is -0.465 e. The van der Waals surface area contributed by atoms with E-state index in [0.717, 1.165) is 11.8 Å². The molecule has 13 heteroatoms. The van der Waals surface area contributed by atoms with Crippen LogP contribution in [0, 0.1) is 17.2 Å². The van der Waals surface area contributed by atoms with Gasteiger partial charge in [0, 0.05) is 19.0 Å². The number of nitrogens with one attached hydrogen (secondary N) is 1. The van der Waals surface area contributed by atoms with E-state index in [0.29, 0.717) is 37.3 Å². The fourth-order valence-corrected chi connectivity index (χ4v) is 5.99. The average molecular weight is 575 g/mol. The van der Waals surface area contributed by atoms with E-state index in [9.17, 15) is 28.1 Å². The summed E-state index contributed by atoms with van der Waals surface area (Å²) in [7, 11) is -3.85. The molecule has 0 aliphatic carbocycles. The first kappa shape index (κ1) is 29.9. The van der Waals surface area contributed by atoms with E-state index in [1.807, 2.05) is 4.90 Å². The van der Waals surface area contributed by atoms with E-state index >= 15 is 0 Å². The number of esters is 2. The summed E-state index contributed by atoms with van der Waals surface area (Å²) >= 11 is 1.01. The van der Waals surface area contributed by atoms with E-state index in [4.69, 9.17) is 9.47 Å². The zero-order valence-electron chi connectivity index (χ0n) is 21.7. The molecule has 1 aliphatic rings. The van der Waals surface area contributed by atoms with Crippen molar-refractivity contribution in [1.82, 2.24) is 9.71 Å². The number of hydrogen-bond acceptors (Lipinski definition) is 11. The zero-order valence-corrected chi connectivity index (χ0v) is 23.3. The van der Waals surface area contributed by atoms with Crippen molar-refractivity contribution in [3.63, 3.8) is 0 Å². The SMILES string of the molecule is CCOC(=O)CSc1nc(N2CCC(C(=O)NS(=O)(=O)Cc3ccccc3)CC2)c(C#N)cc1C(=O)OCC. The first-order valence-electron chi connectivity index (χ1n) is 12.4. The van der Waals surface area contributed by atoms with Crippen LogP contribution in [-0.2, 0) is 34.8 Å². The van der Waals surface area contributed by atoms with Crippen molar-refractivity contribution in [3.8, 4) is 6.07 Å². The van der Waals surface area contributed by atoms with Gasteiger partial charge in [0.25, 0.3) is 0 Å². The van der Waals surface area contributed by atoms with Crippen molar-refractivity contribution in [2.45, 2.75) is 37.5 Å². The molecule has 208 valence electrons. The number of carbonyl (C=O) groups is 3. The second-order valence-corrected chi connectivity index (χ2v) is 11.3. The highest BCUT2D eigenvalue weighted by molar-refractivity contribution is 8.00. The Balaban J connectivity index is 1.73. The molecule has 3 rings (SSSR count). The third kappa shape index (κ3) is 8.43. The molecule has 1 saturated heterocycles. The normalized spacial score (nSPS) is 13.8. The lowest BCUT2D eigenvalue weighted by Crippen LogP contribution is -2.43. The van der Waals surface area contributed by atoms with Gasteiger partial charge < -0.3 is 14.4 Å². The number of hydrogen-bond donors (Lipinski definition) is 1. The molecule has 11 nitrogen and oxygen atoms in total. The van der Waals surface area contributed by atoms with Crippen LogP contribution in [0.2, 0.25) is 0 Å². The van der Waals surface area contributed by atoms with Crippen molar-refractivity contribution in [3.05, 3.63) is 53.1 Å². The number of rotatable bonds is 11. The highest BCUT2D eigenvalue weighted by Gasteiger charge is 2.30. The van der Waals surface area contributed by atoms with Crippen molar-refractivity contribution in [2.75, 3.05) is 37.0 Å². The van der Waals surface area contributed by atoms with E-state index in [1.54, 1.807) is 44.2 Å². The van der Waals surface area contributed by atoms with Gasteiger partial charge in [-0.05, 0) is 38.3 Å². The lowest BCUT2D eigenvalue weighted by atomic mass is 9.96. The summed E-state index contributed by atoms with van der Waals surface area (Å²) in [6.07, 6.45) is 0.675. The molecular formula is C26H30N4O7S2. The van der Waals surface area contributed by atoms with E-state index in [2.05, 4.69) is 15.8 Å². The van der Waals surface area contributed by atoms with Gasteiger partial charge in [-0.15, -0.1) is 0 Å². The molecule has 1 amide bonds. The molecule has 2 heterocycles. The maximum Gasteiger partial charge on any atom is 0.340 e. The van der Waals surface area contributed by atoms with Gasteiger partial charge in [0.1, 0.15) is 16.9 Å². The van der Waals surface area contributed by atoms with Crippen molar-refractivity contribution in [1.29, 1.82) is 5.26 Å². The van der Waals surface area contributed by atoms with Crippen LogP contribution in [0.5, 0.6) is 0 Å². The zero-order chi connectivity index (χ0) is 28.4. The Morgan fingerprint density at radius 1 is 1.13 bits per heavy atom. The summed E-state index contributed by atoms with van der Waals surface area (Å²) in [5.41, 5.74) is 0.793. The lowest BCUT2D eigenvalue weighted by molar-refractivity contribution is -0.139. The number of sulfonamides is 1. The second kappa shape index (κ2) is 14.0. The number of pyridine rings is 1. The molecule has 2 aromatic rings. The standard InChI is InChI=1S/C26H30N4O7S2/c1-3-36-22(31)16-38-25-21(26(33)37-4-2)14-20(15-27)23(28-25)30-12-10-19(11-13-30)24(32)29-39(34,35)17-18-8-6-5-7-9-18/h5-9,14,19H,3-4,10-13,16-17H2,1-2H3,(H,29,32).